The molecule has 1 atom stereocenters. The molecule has 0 fully saturated rings. The van der Waals surface area contributed by atoms with E-state index in [9.17, 15) is 14.4 Å². The molecule has 0 radical (unpaired) electrons. The van der Waals surface area contributed by atoms with Crippen LogP contribution in [0, 0.1) is 6.92 Å². The Balaban J connectivity index is 2.01. The first-order valence-electron chi connectivity index (χ1n) is 7.05. The number of fused-ring (bicyclic) bond motifs is 1. The van der Waals surface area contributed by atoms with Gasteiger partial charge in [0.2, 0.25) is 0 Å². The van der Waals surface area contributed by atoms with Crippen molar-refractivity contribution in [2.45, 2.75) is 25.7 Å². The van der Waals surface area contributed by atoms with Crippen molar-refractivity contribution in [2.75, 3.05) is 0 Å². The van der Waals surface area contributed by atoms with Gasteiger partial charge < -0.3 is 10.1 Å². The lowest BCUT2D eigenvalue weighted by Gasteiger charge is -2.24. The number of aromatic nitrogens is 1. The van der Waals surface area contributed by atoms with Crippen molar-refractivity contribution < 1.29 is 14.7 Å². The number of aryl methyl sites for hydroxylation is 1. The molecule has 0 amide bonds. The Morgan fingerprint density at radius 3 is 2.50 bits per heavy atom. The fourth-order valence-electron chi connectivity index (χ4n) is 2.86. The van der Waals surface area contributed by atoms with Crippen LogP contribution in [0.15, 0.2) is 35.1 Å². The topological polar surface area (TPSA) is 87.2 Å². The summed E-state index contributed by atoms with van der Waals surface area (Å²) in [4.78, 5) is 37.6. The molecule has 2 aromatic rings. The second kappa shape index (κ2) is 5.26. The third kappa shape index (κ3) is 2.45. The standard InChI is InChI=1S/C17H15NO4/c1-9-2-4-10(5-3-9)11-6-14-12(15(19)7-11)8-13(17(21)22)16(20)18-14/h2-5,8,11H,6-7H2,1H3,(H,18,20)(H,21,22)/t11-/m1/s1. The molecule has 112 valence electrons. The third-order valence-electron chi connectivity index (χ3n) is 4.08. The van der Waals surface area contributed by atoms with Crippen molar-refractivity contribution in [3.05, 3.63) is 68.6 Å². The molecule has 1 aromatic carbocycles. The minimum atomic E-state index is -1.32. The number of pyridine rings is 1. The molecule has 0 saturated carbocycles. The molecule has 0 saturated heterocycles. The maximum absolute atomic E-state index is 12.3. The second-order valence-corrected chi connectivity index (χ2v) is 5.65. The molecule has 0 unspecified atom stereocenters. The molecule has 0 spiro atoms. The number of aromatic carboxylic acids is 1. The average molecular weight is 297 g/mol. The van der Waals surface area contributed by atoms with E-state index in [4.69, 9.17) is 5.11 Å². The molecule has 22 heavy (non-hydrogen) atoms. The fraction of sp³-hybridized carbons (Fsp3) is 0.235. The van der Waals surface area contributed by atoms with Crippen LogP contribution in [0.4, 0.5) is 0 Å². The molecule has 1 aliphatic carbocycles. The molecule has 5 heteroatoms. The number of hydrogen-bond acceptors (Lipinski definition) is 3. The van der Waals surface area contributed by atoms with Gasteiger partial charge in [-0.05, 0) is 30.9 Å². The SMILES string of the molecule is Cc1ccc([C@H]2CC(=O)c3cc(C(=O)O)c(=O)[nH]c3C2)cc1. The van der Waals surface area contributed by atoms with Crippen LogP contribution in [0.5, 0.6) is 0 Å². The lowest BCUT2D eigenvalue weighted by molar-refractivity contribution is 0.0695. The van der Waals surface area contributed by atoms with Crippen LogP contribution in [0.25, 0.3) is 0 Å². The van der Waals surface area contributed by atoms with Gasteiger partial charge in [0, 0.05) is 17.7 Å². The second-order valence-electron chi connectivity index (χ2n) is 5.65. The maximum Gasteiger partial charge on any atom is 0.341 e. The van der Waals surface area contributed by atoms with Crippen molar-refractivity contribution >= 4 is 11.8 Å². The van der Waals surface area contributed by atoms with Gasteiger partial charge in [-0.2, -0.15) is 0 Å². The molecular formula is C17H15NO4. The number of benzene rings is 1. The number of carboxylic acids is 1. The van der Waals surface area contributed by atoms with Gasteiger partial charge in [0.05, 0.1) is 0 Å². The van der Waals surface area contributed by atoms with Gasteiger partial charge >= 0.3 is 5.97 Å². The van der Waals surface area contributed by atoms with Crippen molar-refractivity contribution in [3.63, 3.8) is 0 Å². The number of ketones is 1. The summed E-state index contributed by atoms with van der Waals surface area (Å²) in [5.74, 6) is -1.45. The first-order chi connectivity index (χ1) is 10.5. The van der Waals surface area contributed by atoms with Crippen LogP contribution in [-0.4, -0.2) is 21.8 Å². The van der Waals surface area contributed by atoms with E-state index in [0.717, 1.165) is 11.1 Å². The summed E-state index contributed by atoms with van der Waals surface area (Å²) >= 11 is 0. The molecule has 1 aromatic heterocycles. The average Bonchev–Trinajstić information content (AvgIpc) is 2.46. The zero-order chi connectivity index (χ0) is 15.9. The van der Waals surface area contributed by atoms with Gasteiger partial charge in [-0.15, -0.1) is 0 Å². The summed E-state index contributed by atoms with van der Waals surface area (Å²) in [5.41, 5.74) is 1.99. The summed E-state index contributed by atoms with van der Waals surface area (Å²) in [6.07, 6.45) is 0.848. The smallest absolute Gasteiger partial charge is 0.341 e. The van der Waals surface area contributed by atoms with E-state index in [1.165, 1.54) is 6.07 Å². The van der Waals surface area contributed by atoms with Crippen LogP contribution in [0.2, 0.25) is 0 Å². The number of nitrogens with one attached hydrogen (secondary N) is 1. The number of carboxylic acid groups (broad SMARTS) is 1. The third-order valence-corrected chi connectivity index (χ3v) is 4.08. The number of aromatic amines is 1. The molecule has 0 aliphatic heterocycles. The van der Waals surface area contributed by atoms with Gasteiger partial charge in [-0.1, -0.05) is 29.8 Å². The largest absolute Gasteiger partial charge is 0.477 e. The van der Waals surface area contributed by atoms with Gasteiger partial charge in [-0.3, -0.25) is 9.59 Å². The van der Waals surface area contributed by atoms with Gasteiger partial charge in [-0.25, -0.2) is 4.79 Å². The lowest BCUT2D eigenvalue weighted by atomic mass is 9.81. The van der Waals surface area contributed by atoms with Crippen molar-refractivity contribution in [1.29, 1.82) is 0 Å². The fourth-order valence-corrected chi connectivity index (χ4v) is 2.86. The highest BCUT2D eigenvalue weighted by Gasteiger charge is 2.28. The molecular weight excluding hydrogens is 282 g/mol. The quantitative estimate of drug-likeness (QED) is 0.890. The zero-order valence-electron chi connectivity index (χ0n) is 12.1. The number of hydrogen-bond donors (Lipinski definition) is 2. The predicted octanol–water partition coefficient (Wildman–Crippen LogP) is 2.29. The Morgan fingerprint density at radius 1 is 1.18 bits per heavy atom. The number of H-pyrrole nitrogens is 1. The van der Waals surface area contributed by atoms with Crippen molar-refractivity contribution in [3.8, 4) is 0 Å². The van der Waals surface area contributed by atoms with E-state index in [0.29, 0.717) is 24.1 Å². The first-order valence-corrected chi connectivity index (χ1v) is 7.05. The predicted molar refractivity (Wildman–Crippen MR) is 80.6 cm³/mol. The van der Waals surface area contributed by atoms with E-state index in [1.807, 2.05) is 31.2 Å². The molecule has 0 bridgehead atoms. The van der Waals surface area contributed by atoms with Crippen LogP contribution >= 0.6 is 0 Å². The van der Waals surface area contributed by atoms with E-state index in [2.05, 4.69) is 4.98 Å². The summed E-state index contributed by atoms with van der Waals surface area (Å²) in [6, 6.07) is 9.16. The summed E-state index contributed by atoms with van der Waals surface area (Å²) in [5, 5.41) is 8.98. The van der Waals surface area contributed by atoms with Crippen molar-refractivity contribution in [2.24, 2.45) is 0 Å². The Kier molecular flexibility index (Phi) is 3.41. The summed E-state index contributed by atoms with van der Waals surface area (Å²) in [7, 11) is 0. The summed E-state index contributed by atoms with van der Waals surface area (Å²) < 4.78 is 0. The van der Waals surface area contributed by atoms with Crippen LogP contribution < -0.4 is 5.56 Å². The number of carbonyl (C=O) groups excluding carboxylic acids is 1. The maximum atomic E-state index is 12.3. The molecule has 5 nitrogen and oxygen atoms in total. The first kappa shape index (κ1) is 14.3. The zero-order valence-corrected chi connectivity index (χ0v) is 12.1. The Hall–Kier alpha value is -2.69. The molecule has 1 heterocycles. The Labute approximate surface area is 126 Å². The number of carbonyl (C=O) groups is 2. The van der Waals surface area contributed by atoms with Crippen LogP contribution in [0.3, 0.4) is 0 Å². The van der Waals surface area contributed by atoms with E-state index in [-0.39, 0.29) is 17.3 Å². The Bertz CT molecular complexity index is 818. The minimum absolute atomic E-state index is 0.00641. The highest BCUT2D eigenvalue weighted by Crippen LogP contribution is 2.31. The van der Waals surface area contributed by atoms with E-state index < -0.39 is 11.5 Å². The normalized spacial score (nSPS) is 17.1. The summed E-state index contributed by atoms with van der Waals surface area (Å²) in [6.45, 7) is 2.00. The van der Waals surface area contributed by atoms with Gasteiger partial charge in [0.25, 0.3) is 5.56 Å². The van der Waals surface area contributed by atoms with Crippen molar-refractivity contribution in [1.82, 2.24) is 4.98 Å². The van der Waals surface area contributed by atoms with E-state index >= 15 is 0 Å². The molecule has 2 N–H and O–H groups in total. The Morgan fingerprint density at radius 2 is 1.86 bits per heavy atom. The number of Topliss-reactive ketones (excluding diaryl/α,β-unsaturated/α-hetero) is 1. The van der Waals surface area contributed by atoms with Gasteiger partial charge in [0.1, 0.15) is 5.56 Å². The molecule has 1 aliphatic rings. The molecule has 3 rings (SSSR count). The lowest BCUT2D eigenvalue weighted by Crippen LogP contribution is -2.27. The van der Waals surface area contributed by atoms with Crippen LogP contribution in [0.1, 0.15) is 49.9 Å². The number of rotatable bonds is 2. The van der Waals surface area contributed by atoms with Gasteiger partial charge in [0.15, 0.2) is 5.78 Å². The van der Waals surface area contributed by atoms with Crippen LogP contribution in [-0.2, 0) is 6.42 Å². The monoisotopic (exact) mass is 297 g/mol. The highest BCUT2D eigenvalue weighted by atomic mass is 16.4. The van der Waals surface area contributed by atoms with E-state index in [1.54, 1.807) is 0 Å². The minimum Gasteiger partial charge on any atom is -0.477 e. The highest BCUT2D eigenvalue weighted by molar-refractivity contribution is 6.00.